The molecule has 100 valence electrons. The van der Waals surface area contributed by atoms with E-state index in [2.05, 4.69) is 38.1 Å². The molecule has 0 aliphatic carbocycles. The van der Waals surface area contributed by atoms with E-state index in [0.717, 1.165) is 6.42 Å². The summed E-state index contributed by atoms with van der Waals surface area (Å²) in [6, 6.07) is 10.4. The highest BCUT2D eigenvalue weighted by molar-refractivity contribution is 5.76. The average molecular weight is 248 g/mol. The first-order valence-corrected chi connectivity index (χ1v) is 6.58. The number of carbonyl (C=O) groups excluding carboxylic acids is 1. The lowest BCUT2D eigenvalue weighted by molar-refractivity contribution is -0.154. The molecular formula is C16H24O2. The van der Waals surface area contributed by atoms with Gasteiger partial charge in [0.05, 0.1) is 12.5 Å². The van der Waals surface area contributed by atoms with Crippen LogP contribution in [0.1, 0.15) is 45.6 Å². The number of benzene rings is 1. The molecule has 0 aliphatic rings. The van der Waals surface area contributed by atoms with Crippen molar-refractivity contribution in [1.29, 1.82) is 0 Å². The van der Waals surface area contributed by atoms with Crippen molar-refractivity contribution in [2.45, 2.75) is 40.0 Å². The second-order valence-corrected chi connectivity index (χ2v) is 5.43. The van der Waals surface area contributed by atoms with Crippen LogP contribution in [-0.2, 0) is 9.53 Å². The molecule has 0 N–H and O–H groups in total. The number of ether oxygens (including phenoxy) is 1. The fourth-order valence-electron chi connectivity index (χ4n) is 2.53. The van der Waals surface area contributed by atoms with Crippen LogP contribution in [0.5, 0.6) is 0 Å². The topological polar surface area (TPSA) is 26.3 Å². The Morgan fingerprint density at radius 1 is 1.28 bits per heavy atom. The van der Waals surface area contributed by atoms with Crippen molar-refractivity contribution >= 4 is 5.97 Å². The first-order valence-electron chi connectivity index (χ1n) is 6.58. The van der Waals surface area contributed by atoms with Gasteiger partial charge in [0.15, 0.2) is 0 Å². The summed E-state index contributed by atoms with van der Waals surface area (Å²) in [5.41, 5.74) is 0.829. The van der Waals surface area contributed by atoms with Crippen LogP contribution in [0.25, 0.3) is 0 Å². The van der Waals surface area contributed by atoms with Gasteiger partial charge in [-0.15, -0.1) is 0 Å². The molecule has 0 amide bonds. The minimum Gasteiger partial charge on any atom is -0.469 e. The molecule has 1 aromatic rings. The van der Waals surface area contributed by atoms with Crippen molar-refractivity contribution < 1.29 is 9.53 Å². The lowest BCUT2D eigenvalue weighted by Gasteiger charge is -2.35. The largest absolute Gasteiger partial charge is 0.469 e. The van der Waals surface area contributed by atoms with E-state index < -0.39 is 5.41 Å². The fourth-order valence-corrected chi connectivity index (χ4v) is 2.53. The monoisotopic (exact) mass is 248 g/mol. The Labute approximate surface area is 110 Å². The van der Waals surface area contributed by atoms with Crippen LogP contribution in [-0.4, -0.2) is 13.1 Å². The number of methoxy groups -OCH3 is 1. The van der Waals surface area contributed by atoms with Gasteiger partial charge in [0.1, 0.15) is 0 Å². The van der Waals surface area contributed by atoms with Crippen LogP contribution in [0.15, 0.2) is 30.3 Å². The van der Waals surface area contributed by atoms with Crippen LogP contribution in [0.4, 0.5) is 0 Å². The van der Waals surface area contributed by atoms with Crippen molar-refractivity contribution in [3.05, 3.63) is 35.9 Å². The lowest BCUT2D eigenvalue weighted by atomic mass is 9.70. The number of carbonyl (C=O) groups is 1. The van der Waals surface area contributed by atoms with Gasteiger partial charge < -0.3 is 4.74 Å². The molecule has 2 atom stereocenters. The summed E-state index contributed by atoms with van der Waals surface area (Å²) in [5, 5.41) is 0. The maximum Gasteiger partial charge on any atom is 0.311 e. The fraction of sp³-hybridized carbons (Fsp3) is 0.562. The Bertz CT molecular complexity index is 381. The zero-order chi connectivity index (χ0) is 13.8. The van der Waals surface area contributed by atoms with Gasteiger partial charge in [-0.3, -0.25) is 4.79 Å². The smallest absolute Gasteiger partial charge is 0.311 e. The van der Waals surface area contributed by atoms with Crippen molar-refractivity contribution in [3.63, 3.8) is 0 Å². The molecule has 0 heterocycles. The minimum atomic E-state index is -0.467. The van der Waals surface area contributed by atoms with Gasteiger partial charge in [0.25, 0.3) is 0 Å². The molecule has 0 bridgehead atoms. The lowest BCUT2D eigenvalue weighted by Crippen LogP contribution is -2.35. The van der Waals surface area contributed by atoms with E-state index in [0.29, 0.717) is 5.92 Å². The molecular weight excluding hydrogens is 224 g/mol. The normalized spacial score (nSPS) is 14.9. The number of esters is 1. The predicted molar refractivity (Wildman–Crippen MR) is 74.4 cm³/mol. The number of hydrogen-bond donors (Lipinski definition) is 0. The Morgan fingerprint density at radius 3 is 2.28 bits per heavy atom. The molecule has 1 aromatic carbocycles. The van der Waals surface area contributed by atoms with Gasteiger partial charge >= 0.3 is 5.97 Å². The maximum absolute atomic E-state index is 11.9. The van der Waals surface area contributed by atoms with E-state index in [9.17, 15) is 4.79 Å². The molecule has 0 saturated heterocycles. The standard InChI is InChI=1S/C16H24O2/c1-6-14(13-10-8-7-9-11-13)12(2)16(3,4)15(17)18-5/h7-12,14H,6H2,1-5H3. The molecule has 1 rings (SSSR count). The highest BCUT2D eigenvalue weighted by atomic mass is 16.5. The van der Waals surface area contributed by atoms with Gasteiger partial charge in [-0.2, -0.15) is 0 Å². The van der Waals surface area contributed by atoms with E-state index in [1.165, 1.54) is 12.7 Å². The Hall–Kier alpha value is -1.31. The third-order valence-electron chi connectivity index (χ3n) is 4.12. The molecule has 0 saturated carbocycles. The van der Waals surface area contributed by atoms with Crippen LogP contribution >= 0.6 is 0 Å². The molecule has 0 radical (unpaired) electrons. The van der Waals surface area contributed by atoms with Gasteiger partial charge in [-0.1, -0.05) is 44.2 Å². The summed E-state index contributed by atoms with van der Waals surface area (Å²) in [6.07, 6.45) is 1.02. The van der Waals surface area contributed by atoms with E-state index in [-0.39, 0.29) is 11.9 Å². The predicted octanol–water partition coefficient (Wildman–Crippen LogP) is 4.02. The van der Waals surface area contributed by atoms with E-state index in [1.807, 2.05) is 19.9 Å². The summed E-state index contributed by atoms with van der Waals surface area (Å²) < 4.78 is 4.93. The van der Waals surface area contributed by atoms with Crippen LogP contribution in [0.3, 0.4) is 0 Å². The summed E-state index contributed by atoms with van der Waals surface area (Å²) >= 11 is 0. The summed E-state index contributed by atoms with van der Waals surface area (Å²) in [7, 11) is 1.46. The minimum absolute atomic E-state index is 0.135. The van der Waals surface area contributed by atoms with Crippen molar-refractivity contribution in [3.8, 4) is 0 Å². The third kappa shape index (κ3) is 2.92. The number of hydrogen-bond acceptors (Lipinski definition) is 2. The molecule has 2 nitrogen and oxygen atoms in total. The molecule has 0 aliphatic heterocycles. The molecule has 0 aromatic heterocycles. The average Bonchev–Trinajstić information content (AvgIpc) is 2.39. The Kier molecular flexibility index (Phi) is 4.94. The summed E-state index contributed by atoms with van der Waals surface area (Å²) in [4.78, 5) is 11.9. The van der Waals surface area contributed by atoms with Gasteiger partial charge in [-0.05, 0) is 37.7 Å². The quantitative estimate of drug-likeness (QED) is 0.736. The SMILES string of the molecule is CCC(c1ccccc1)C(C)C(C)(C)C(=O)OC. The zero-order valence-electron chi connectivity index (χ0n) is 12.1. The molecule has 2 heteroatoms. The van der Waals surface area contributed by atoms with Crippen molar-refractivity contribution in [2.75, 3.05) is 7.11 Å². The molecule has 0 spiro atoms. The van der Waals surface area contributed by atoms with Gasteiger partial charge in [-0.25, -0.2) is 0 Å². The van der Waals surface area contributed by atoms with Gasteiger partial charge in [0, 0.05) is 0 Å². The summed E-state index contributed by atoms with van der Waals surface area (Å²) in [6.45, 7) is 8.24. The first-order chi connectivity index (χ1) is 8.45. The second kappa shape index (κ2) is 6.03. The Balaban J connectivity index is 2.99. The molecule has 0 fully saturated rings. The van der Waals surface area contributed by atoms with Crippen LogP contribution < -0.4 is 0 Å². The van der Waals surface area contributed by atoms with Gasteiger partial charge in [0.2, 0.25) is 0 Å². The zero-order valence-corrected chi connectivity index (χ0v) is 12.1. The Morgan fingerprint density at radius 2 is 1.83 bits per heavy atom. The first kappa shape index (κ1) is 14.7. The highest BCUT2D eigenvalue weighted by Crippen LogP contribution is 2.40. The molecule has 18 heavy (non-hydrogen) atoms. The highest BCUT2D eigenvalue weighted by Gasteiger charge is 2.39. The maximum atomic E-state index is 11.9. The van der Waals surface area contributed by atoms with E-state index >= 15 is 0 Å². The van der Waals surface area contributed by atoms with Crippen LogP contribution in [0, 0.1) is 11.3 Å². The molecule has 2 unspecified atom stereocenters. The summed E-state index contributed by atoms with van der Waals surface area (Å²) in [5.74, 6) is 0.474. The van der Waals surface area contributed by atoms with Crippen molar-refractivity contribution in [2.24, 2.45) is 11.3 Å². The van der Waals surface area contributed by atoms with E-state index in [4.69, 9.17) is 4.74 Å². The van der Waals surface area contributed by atoms with Crippen molar-refractivity contribution in [1.82, 2.24) is 0 Å². The number of rotatable bonds is 5. The van der Waals surface area contributed by atoms with E-state index in [1.54, 1.807) is 0 Å². The second-order valence-electron chi connectivity index (χ2n) is 5.43. The van der Waals surface area contributed by atoms with Crippen LogP contribution in [0.2, 0.25) is 0 Å². The third-order valence-corrected chi connectivity index (χ3v) is 4.12.